The molecular weight excluding hydrogens is 192 g/mol. The van der Waals surface area contributed by atoms with Crippen LogP contribution in [-0.2, 0) is 9.53 Å². The van der Waals surface area contributed by atoms with Gasteiger partial charge in [-0.3, -0.25) is 4.79 Å². The van der Waals surface area contributed by atoms with Gasteiger partial charge in [-0.1, -0.05) is 19.1 Å². The van der Waals surface area contributed by atoms with E-state index < -0.39 is 5.97 Å². The van der Waals surface area contributed by atoms with Crippen LogP contribution in [0.4, 0.5) is 0 Å². The van der Waals surface area contributed by atoms with Gasteiger partial charge in [-0.25, -0.2) is 0 Å². The topological polar surface area (TPSA) is 46.5 Å². The Labute approximate surface area is 91.1 Å². The maximum Gasteiger partial charge on any atom is 0.305 e. The third-order valence-corrected chi connectivity index (χ3v) is 2.98. The summed E-state index contributed by atoms with van der Waals surface area (Å²) in [4.78, 5) is 10.4. The lowest BCUT2D eigenvalue weighted by molar-refractivity contribution is -0.140. The van der Waals surface area contributed by atoms with E-state index in [4.69, 9.17) is 9.84 Å². The molecule has 0 aromatic rings. The van der Waals surface area contributed by atoms with Crippen LogP contribution in [0.1, 0.15) is 33.1 Å². The third-order valence-electron chi connectivity index (χ3n) is 2.98. The molecule has 3 heteroatoms. The molecule has 0 heterocycles. The monoisotopic (exact) mass is 212 g/mol. The Morgan fingerprint density at radius 2 is 2.20 bits per heavy atom. The summed E-state index contributed by atoms with van der Waals surface area (Å²) in [7, 11) is 0. The summed E-state index contributed by atoms with van der Waals surface area (Å²) >= 11 is 0. The van der Waals surface area contributed by atoms with Crippen molar-refractivity contribution in [3.8, 4) is 0 Å². The molecule has 0 amide bonds. The van der Waals surface area contributed by atoms with E-state index in [9.17, 15) is 4.79 Å². The molecule has 1 N–H and O–H groups in total. The van der Waals surface area contributed by atoms with Gasteiger partial charge in [0.15, 0.2) is 0 Å². The minimum Gasteiger partial charge on any atom is -0.481 e. The van der Waals surface area contributed by atoms with E-state index in [1.807, 2.05) is 6.92 Å². The van der Waals surface area contributed by atoms with Gasteiger partial charge in [-0.15, -0.1) is 0 Å². The van der Waals surface area contributed by atoms with Crippen molar-refractivity contribution in [3.63, 3.8) is 0 Å². The smallest absolute Gasteiger partial charge is 0.305 e. The van der Waals surface area contributed by atoms with Gasteiger partial charge in [-0.2, -0.15) is 0 Å². The van der Waals surface area contributed by atoms with Gasteiger partial charge in [0.25, 0.3) is 0 Å². The van der Waals surface area contributed by atoms with Crippen LogP contribution in [0.25, 0.3) is 0 Å². The van der Waals surface area contributed by atoms with Gasteiger partial charge in [0.2, 0.25) is 0 Å². The van der Waals surface area contributed by atoms with Crippen molar-refractivity contribution in [3.05, 3.63) is 12.2 Å². The van der Waals surface area contributed by atoms with Crippen LogP contribution in [0.5, 0.6) is 0 Å². The van der Waals surface area contributed by atoms with E-state index in [0.29, 0.717) is 18.4 Å². The van der Waals surface area contributed by atoms with Gasteiger partial charge < -0.3 is 9.84 Å². The quantitative estimate of drug-likeness (QED) is 0.712. The Kier molecular flexibility index (Phi) is 4.82. The fourth-order valence-corrected chi connectivity index (χ4v) is 1.83. The van der Waals surface area contributed by atoms with Gasteiger partial charge in [0, 0.05) is 0 Å². The molecule has 0 fully saturated rings. The molecule has 2 unspecified atom stereocenters. The number of carbonyl (C=O) groups is 1. The summed E-state index contributed by atoms with van der Waals surface area (Å²) in [5.41, 5.74) is 0. The van der Waals surface area contributed by atoms with Crippen molar-refractivity contribution >= 4 is 5.97 Å². The second kappa shape index (κ2) is 5.91. The number of ether oxygens (including phenoxy) is 1. The summed E-state index contributed by atoms with van der Waals surface area (Å²) < 4.78 is 5.55. The first-order chi connectivity index (χ1) is 7.09. The Balaban J connectivity index is 2.24. The average Bonchev–Trinajstić information content (AvgIpc) is 2.15. The van der Waals surface area contributed by atoms with Crippen LogP contribution >= 0.6 is 0 Å². The Morgan fingerprint density at radius 1 is 1.53 bits per heavy atom. The molecule has 3 nitrogen and oxygen atoms in total. The number of hydrogen-bond donors (Lipinski definition) is 1. The van der Waals surface area contributed by atoms with Crippen molar-refractivity contribution in [1.29, 1.82) is 0 Å². The molecule has 0 saturated heterocycles. The average molecular weight is 212 g/mol. The number of rotatable bonds is 5. The first-order valence-electron chi connectivity index (χ1n) is 5.58. The van der Waals surface area contributed by atoms with Crippen molar-refractivity contribution in [1.82, 2.24) is 0 Å². The predicted octanol–water partition coefficient (Wildman–Crippen LogP) is 2.47. The maximum atomic E-state index is 10.4. The molecule has 3 atom stereocenters. The first-order valence-corrected chi connectivity index (χ1v) is 5.58. The highest BCUT2D eigenvalue weighted by atomic mass is 16.5. The largest absolute Gasteiger partial charge is 0.481 e. The molecule has 0 aromatic carbocycles. The highest BCUT2D eigenvalue weighted by Gasteiger charge is 2.19. The minimum atomic E-state index is -0.793. The molecule has 0 bridgehead atoms. The lowest BCUT2D eigenvalue weighted by Crippen LogP contribution is -2.23. The third kappa shape index (κ3) is 4.47. The molecule has 0 saturated carbocycles. The Hall–Kier alpha value is -0.830. The van der Waals surface area contributed by atoms with Gasteiger partial charge in [-0.05, 0) is 31.6 Å². The van der Waals surface area contributed by atoms with Crippen LogP contribution in [-0.4, -0.2) is 23.8 Å². The van der Waals surface area contributed by atoms with E-state index in [2.05, 4.69) is 19.1 Å². The van der Waals surface area contributed by atoms with E-state index in [-0.39, 0.29) is 12.5 Å². The molecule has 15 heavy (non-hydrogen) atoms. The SMILES string of the molecule is CC1CC=CCC1CO[C@H](C)CC(=O)O. The summed E-state index contributed by atoms with van der Waals surface area (Å²) in [6.07, 6.45) is 6.48. The number of carboxylic acid groups (broad SMARTS) is 1. The van der Waals surface area contributed by atoms with Crippen molar-refractivity contribution in [2.75, 3.05) is 6.61 Å². The normalized spacial score (nSPS) is 27.6. The zero-order chi connectivity index (χ0) is 11.3. The highest BCUT2D eigenvalue weighted by molar-refractivity contribution is 5.67. The second-order valence-corrected chi connectivity index (χ2v) is 4.42. The second-order valence-electron chi connectivity index (χ2n) is 4.42. The number of allylic oxidation sites excluding steroid dienone is 2. The summed E-state index contributed by atoms with van der Waals surface area (Å²) in [6, 6.07) is 0. The van der Waals surface area contributed by atoms with E-state index in [1.54, 1.807) is 0 Å². The Bertz CT molecular complexity index is 235. The zero-order valence-electron chi connectivity index (χ0n) is 9.48. The van der Waals surface area contributed by atoms with Crippen LogP contribution in [0.3, 0.4) is 0 Å². The summed E-state index contributed by atoms with van der Waals surface area (Å²) in [5, 5.41) is 8.58. The minimum absolute atomic E-state index is 0.0942. The lowest BCUT2D eigenvalue weighted by Gasteiger charge is -2.26. The summed E-state index contributed by atoms with van der Waals surface area (Å²) in [6.45, 7) is 4.72. The highest BCUT2D eigenvalue weighted by Crippen LogP contribution is 2.25. The fourth-order valence-electron chi connectivity index (χ4n) is 1.83. The first kappa shape index (κ1) is 12.2. The molecule has 0 radical (unpaired) electrons. The van der Waals surface area contributed by atoms with Gasteiger partial charge in [0.05, 0.1) is 19.1 Å². The maximum absolute atomic E-state index is 10.4. The lowest BCUT2D eigenvalue weighted by atomic mass is 9.85. The molecular formula is C12H20O3. The number of carboxylic acids is 1. The van der Waals surface area contributed by atoms with Gasteiger partial charge in [0.1, 0.15) is 0 Å². The molecule has 86 valence electrons. The van der Waals surface area contributed by atoms with E-state index >= 15 is 0 Å². The number of aliphatic carboxylic acids is 1. The fraction of sp³-hybridized carbons (Fsp3) is 0.750. The van der Waals surface area contributed by atoms with Crippen molar-refractivity contribution in [2.45, 2.75) is 39.2 Å². The molecule has 0 aliphatic heterocycles. The van der Waals surface area contributed by atoms with Crippen molar-refractivity contribution < 1.29 is 14.6 Å². The van der Waals surface area contributed by atoms with Crippen LogP contribution in [0.15, 0.2) is 12.2 Å². The van der Waals surface area contributed by atoms with Crippen molar-refractivity contribution in [2.24, 2.45) is 11.8 Å². The van der Waals surface area contributed by atoms with E-state index in [1.165, 1.54) is 0 Å². The Morgan fingerprint density at radius 3 is 2.80 bits per heavy atom. The van der Waals surface area contributed by atoms with Crippen LogP contribution < -0.4 is 0 Å². The molecule has 0 spiro atoms. The number of hydrogen-bond acceptors (Lipinski definition) is 2. The zero-order valence-corrected chi connectivity index (χ0v) is 9.48. The standard InChI is InChI=1S/C12H20O3/c1-9-5-3-4-6-11(9)8-15-10(2)7-12(13)14/h3-4,9-11H,5-8H2,1-2H3,(H,13,14)/t9?,10-,11?/m1/s1. The molecule has 1 aliphatic carbocycles. The van der Waals surface area contributed by atoms with Gasteiger partial charge >= 0.3 is 5.97 Å². The molecule has 1 rings (SSSR count). The molecule has 1 aliphatic rings. The predicted molar refractivity (Wildman–Crippen MR) is 58.7 cm³/mol. The summed E-state index contributed by atoms with van der Waals surface area (Å²) in [5.74, 6) is 0.400. The van der Waals surface area contributed by atoms with Crippen LogP contribution in [0.2, 0.25) is 0 Å². The van der Waals surface area contributed by atoms with Crippen LogP contribution in [0, 0.1) is 11.8 Å². The van der Waals surface area contributed by atoms with E-state index in [0.717, 1.165) is 12.8 Å². The molecule has 0 aromatic heterocycles.